The zero-order valence-corrected chi connectivity index (χ0v) is 13.6. The highest BCUT2D eigenvalue weighted by molar-refractivity contribution is 9.10. The number of ether oxygens (including phenoxy) is 1. The Kier molecular flexibility index (Phi) is 5.91. The van der Waals surface area contributed by atoms with Gasteiger partial charge in [-0.25, -0.2) is 9.82 Å². The van der Waals surface area contributed by atoms with Crippen LogP contribution >= 0.6 is 27.5 Å². The summed E-state index contributed by atoms with van der Waals surface area (Å²) >= 11 is 8.89. The van der Waals surface area contributed by atoms with Gasteiger partial charge in [-0.15, -0.1) is 0 Å². The summed E-state index contributed by atoms with van der Waals surface area (Å²) < 4.78 is 19.4. The van der Waals surface area contributed by atoms with Crippen LogP contribution in [0.3, 0.4) is 0 Å². The van der Waals surface area contributed by atoms with Gasteiger partial charge in [0.1, 0.15) is 11.6 Å². The highest BCUT2D eigenvalue weighted by atomic mass is 79.9. The van der Waals surface area contributed by atoms with Gasteiger partial charge in [-0.2, -0.15) is 5.10 Å². The standard InChI is InChI=1S/C15H11BrClFN2O2/c16-11-2-1-10(14(18)7-11)8-19-20-15(21)9-22-13-5-3-12(17)4-6-13/h1-8H,9H2,(H,20,21)/b19-8-. The summed E-state index contributed by atoms with van der Waals surface area (Å²) in [6.07, 6.45) is 1.22. The lowest BCUT2D eigenvalue weighted by molar-refractivity contribution is -0.123. The van der Waals surface area contributed by atoms with E-state index < -0.39 is 11.7 Å². The molecule has 0 unspecified atom stereocenters. The van der Waals surface area contributed by atoms with Crippen molar-refractivity contribution in [1.82, 2.24) is 5.43 Å². The molecule has 22 heavy (non-hydrogen) atoms. The van der Waals surface area contributed by atoms with E-state index in [1.54, 1.807) is 36.4 Å². The van der Waals surface area contributed by atoms with Crippen LogP contribution in [0.4, 0.5) is 4.39 Å². The predicted octanol–water partition coefficient (Wildman–Crippen LogP) is 3.77. The molecule has 114 valence electrons. The second-order valence-electron chi connectivity index (χ2n) is 4.20. The fourth-order valence-corrected chi connectivity index (χ4v) is 1.95. The van der Waals surface area contributed by atoms with E-state index in [-0.39, 0.29) is 12.2 Å². The monoisotopic (exact) mass is 384 g/mol. The Morgan fingerprint density at radius 3 is 2.73 bits per heavy atom. The summed E-state index contributed by atoms with van der Waals surface area (Å²) in [6, 6.07) is 11.1. The highest BCUT2D eigenvalue weighted by Crippen LogP contribution is 2.15. The van der Waals surface area contributed by atoms with Crippen molar-refractivity contribution in [2.75, 3.05) is 6.61 Å². The molecule has 2 aromatic rings. The molecule has 0 spiro atoms. The van der Waals surface area contributed by atoms with E-state index in [1.165, 1.54) is 12.3 Å². The van der Waals surface area contributed by atoms with Crippen molar-refractivity contribution in [3.8, 4) is 5.75 Å². The summed E-state index contributed by atoms with van der Waals surface area (Å²) in [5.74, 6) is -0.379. The van der Waals surface area contributed by atoms with Crippen LogP contribution < -0.4 is 10.2 Å². The first-order valence-corrected chi connectivity index (χ1v) is 7.37. The van der Waals surface area contributed by atoms with Crippen LogP contribution in [-0.4, -0.2) is 18.7 Å². The minimum absolute atomic E-state index is 0.207. The molecule has 0 aliphatic carbocycles. The fourth-order valence-electron chi connectivity index (χ4n) is 1.49. The van der Waals surface area contributed by atoms with Crippen LogP contribution in [0.1, 0.15) is 5.56 Å². The fraction of sp³-hybridized carbons (Fsp3) is 0.0667. The van der Waals surface area contributed by atoms with Crippen molar-refractivity contribution >= 4 is 39.7 Å². The van der Waals surface area contributed by atoms with E-state index in [1.807, 2.05) is 0 Å². The van der Waals surface area contributed by atoms with Crippen LogP contribution in [0.5, 0.6) is 5.75 Å². The molecule has 7 heteroatoms. The van der Waals surface area contributed by atoms with E-state index in [0.717, 1.165) is 0 Å². The van der Waals surface area contributed by atoms with Crippen molar-refractivity contribution in [2.24, 2.45) is 5.10 Å². The SMILES string of the molecule is O=C(COc1ccc(Cl)cc1)N/N=C\c1ccc(Br)cc1F. The molecular weight excluding hydrogens is 375 g/mol. The summed E-state index contributed by atoms with van der Waals surface area (Å²) in [5.41, 5.74) is 2.52. The van der Waals surface area contributed by atoms with Crippen LogP contribution in [0.25, 0.3) is 0 Å². The molecule has 2 aromatic carbocycles. The van der Waals surface area contributed by atoms with Gasteiger partial charge in [-0.05, 0) is 42.5 Å². The molecule has 0 bridgehead atoms. The average Bonchev–Trinajstić information content (AvgIpc) is 2.49. The number of nitrogens with one attached hydrogen (secondary N) is 1. The Morgan fingerprint density at radius 2 is 2.05 bits per heavy atom. The van der Waals surface area contributed by atoms with Gasteiger partial charge in [0.05, 0.1) is 6.21 Å². The lowest BCUT2D eigenvalue weighted by Crippen LogP contribution is -2.24. The second-order valence-corrected chi connectivity index (χ2v) is 5.55. The number of carbonyl (C=O) groups is 1. The number of rotatable bonds is 5. The van der Waals surface area contributed by atoms with Gasteiger partial charge >= 0.3 is 0 Å². The molecule has 0 saturated heterocycles. The molecule has 0 atom stereocenters. The lowest BCUT2D eigenvalue weighted by Gasteiger charge is -2.04. The third kappa shape index (κ3) is 5.13. The third-order valence-corrected chi connectivity index (χ3v) is 3.28. The molecular formula is C15H11BrClFN2O2. The molecule has 1 amide bonds. The molecule has 0 heterocycles. The van der Waals surface area contributed by atoms with E-state index in [2.05, 4.69) is 26.5 Å². The Balaban J connectivity index is 1.82. The number of hydrazone groups is 1. The Hall–Kier alpha value is -1.92. The van der Waals surface area contributed by atoms with Crippen molar-refractivity contribution < 1.29 is 13.9 Å². The van der Waals surface area contributed by atoms with Gasteiger partial charge in [0.25, 0.3) is 5.91 Å². The minimum Gasteiger partial charge on any atom is -0.484 e. The van der Waals surface area contributed by atoms with Gasteiger partial charge in [0, 0.05) is 15.1 Å². The topological polar surface area (TPSA) is 50.7 Å². The average molecular weight is 386 g/mol. The van der Waals surface area contributed by atoms with Crippen molar-refractivity contribution in [2.45, 2.75) is 0 Å². The number of hydrogen-bond acceptors (Lipinski definition) is 3. The summed E-state index contributed by atoms with van der Waals surface area (Å²) in [7, 11) is 0. The molecule has 4 nitrogen and oxygen atoms in total. The predicted molar refractivity (Wildman–Crippen MR) is 86.8 cm³/mol. The number of nitrogens with zero attached hydrogens (tertiary/aromatic N) is 1. The van der Waals surface area contributed by atoms with E-state index in [9.17, 15) is 9.18 Å². The first kappa shape index (κ1) is 16.5. The van der Waals surface area contributed by atoms with Crippen molar-refractivity contribution in [3.05, 3.63) is 63.3 Å². The number of halogens is 3. The second kappa shape index (κ2) is 7.91. The summed E-state index contributed by atoms with van der Waals surface area (Å²) in [4.78, 5) is 11.5. The van der Waals surface area contributed by atoms with Crippen LogP contribution in [0, 0.1) is 5.82 Å². The molecule has 2 rings (SSSR count). The number of hydrogen-bond donors (Lipinski definition) is 1. The molecule has 0 aromatic heterocycles. The number of benzene rings is 2. The van der Waals surface area contributed by atoms with Crippen molar-refractivity contribution in [3.63, 3.8) is 0 Å². The smallest absolute Gasteiger partial charge is 0.277 e. The largest absolute Gasteiger partial charge is 0.484 e. The van der Waals surface area contributed by atoms with E-state index in [0.29, 0.717) is 15.2 Å². The summed E-state index contributed by atoms with van der Waals surface area (Å²) in [6.45, 7) is -0.207. The highest BCUT2D eigenvalue weighted by Gasteiger charge is 2.02. The van der Waals surface area contributed by atoms with E-state index in [4.69, 9.17) is 16.3 Å². The van der Waals surface area contributed by atoms with Crippen molar-refractivity contribution in [1.29, 1.82) is 0 Å². The quantitative estimate of drug-likeness (QED) is 0.629. The van der Waals surface area contributed by atoms with Gasteiger partial charge in [-0.3, -0.25) is 4.79 Å². The first-order valence-electron chi connectivity index (χ1n) is 6.20. The Bertz CT molecular complexity index is 692. The molecule has 0 aliphatic heterocycles. The number of carbonyl (C=O) groups excluding carboxylic acids is 1. The van der Waals surface area contributed by atoms with Crippen LogP contribution in [0.2, 0.25) is 5.02 Å². The Morgan fingerprint density at radius 1 is 1.32 bits per heavy atom. The van der Waals surface area contributed by atoms with Gasteiger partial charge in [0.2, 0.25) is 0 Å². The molecule has 0 radical (unpaired) electrons. The maximum absolute atomic E-state index is 13.5. The van der Waals surface area contributed by atoms with Crippen LogP contribution in [-0.2, 0) is 4.79 Å². The lowest BCUT2D eigenvalue weighted by atomic mass is 10.2. The van der Waals surface area contributed by atoms with Gasteiger partial charge in [-0.1, -0.05) is 27.5 Å². The minimum atomic E-state index is -0.455. The van der Waals surface area contributed by atoms with Crippen LogP contribution in [0.15, 0.2) is 52.0 Å². The maximum Gasteiger partial charge on any atom is 0.277 e. The molecule has 1 N–H and O–H groups in total. The summed E-state index contributed by atoms with van der Waals surface area (Å²) in [5, 5.41) is 4.26. The molecule has 0 saturated carbocycles. The zero-order valence-electron chi connectivity index (χ0n) is 11.2. The zero-order chi connectivity index (χ0) is 15.9. The van der Waals surface area contributed by atoms with Gasteiger partial charge < -0.3 is 4.74 Å². The third-order valence-electron chi connectivity index (χ3n) is 2.54. The first-order chi connectivity index (χ1) is 10.5. The molecule has 0 fully saturated rings. The normalized spacial score (nSPS) is 10.7. The van der Waals surface area contributed by atoms with E-state index >= 15 is 0 Å². The molecule has 0 aliphatic rings. The Labute approximate surface area is 140 Å². The van der Waals surface area contributed by atoms with Gasteiger partial charge in [0.15, 0.2) is 6.61 Å². The number of amides is 1. The maximum atomic E-state index is 13.5.